The topological polar surface area (TPSA) is 32.3 Å². The monoisotopic (exact) mass is 322 g/mol. The number of rotatable bonds is 2. The quantitative estimate of drug-likeness (QED) is 0.906. The van der Waals surface area contributed by atoms with Gasteiger partial charge in [-0.05, 0) is 37.0 Å². The minimum atomic E-state index is 0.210. The molecule has 3 atom stereocenters. The van der Waals surface area contributed by atoms with E-state index >= 15 is 0 Å². The molecule has 1 amide bonds. The molecule has 3 nitrogen and oxygen atoms in total. The fourth-order valence-corrected chi connectivity index (χ4v) is 3.19. The van der Waals surface area contributed by atoms with Gasteiger partial charge in [-0.25, -0.2) is 0 Å². The van der Waals surface area contributed by atoms with E-state index in [-0.39, 0.29) is 5.92 Å². The first-order chi connectivity index (χ1) is 9.16. The van der Waals surface area contributed by atoms with Gasteiger partial charge in [0, 0.05) is 36.1 Å². The molecule has 2 aliphatic rings. The molecule has 1 aromatic rings. The number of amides is 1. The molecule has 0 aromatic heterocycles. The van der Waals surface area contributed by atoms with Crippen molar-refractivity contribution in [3.63, 3.8) is 0 Å². The fraction of sp³-hybridized carbons (Fsp3) is 0.533. The van der Waals surface area contributed by atoms with Gasteiger partial charge in [-0.2, -0.15) is 0 Å². The molecular formula is C15H19BrN2O. The number of hydrogen-bond acceptors (Lipinski definition) is 2. The van der Waals surface area contributed by atoms with Crippen molar-refractivity contribution in [2.45, 2.75) is 25.3 Å². The number of nitrogens with one attached hydrogen (secondary N) is 1. The Morgan fingerprint density at radius 3 is 2.79 bits per heavy atom. The van der Waals surface area contributed by atoms with Crippen molar-refractivity contribution in [1.82, 2.24) is 10.2 Å². The van der Waals surface area contributed by atoms with Crippen LogP contribution in [0, 0.1) is 5.92 Å². The molecule has 19 heavy (non-hydrogen) atoms. The van der Waals surface area contributed by atoms with E-state index in [0.717, 1.165) is 30.5 Å². The summed E-state index contributed by atoms with van der Waals surface area (Å²) in [5, 5.41) is 3.33. The van der Waals surface area contributed by atoms with Crippen molar-refractivity contribution >= 4 is 21.8 Å². The summed E-state index contributed by atoms with van der Waals surface area (Å²) in [6.07, 6.45) is 1.01. The van der Waals surface area contributed by atoms with Crippen molar-refractivity contribution in [1.29, 1.82) is 0 Å². The lowest BCUT2D eigenvalue weighted by molar-refractivity contribution is -0.135. The highest BCUT2D eigenvalue weighted by Gasteiger charge is 2.46. The third-order valence-electron chi connectivity index (χ3n) is 4.19. The summed E-state index contributed by atoms with van der Waals surface area (Å²) >= 11 is 3.45. The second kappa shape index (κ2) is 5.25. The zero-order valence-electron chi connectivity index (χ0n) is 11.1. The van der Waals surface area contributed by atoms with Crippen LogP contribution >= 0.6 is 15.9 Å². The van der Waals surface area contributed by atoms with Crippen LogP contribution in [0.2, 0.25) is 0 Å². The van der Waals surface area contributed by atoms with Crippen LogP contribution in [-0.2, 0) is 4.79 Å². The predicted molar refractivity (Wildman–Crippen MR) is 79.0 cm³/mol. The van der Waals surface area contributed by atoms with Gasteiger partial charge in [0.15, 0.2) is 0 Å². The summed E-state index contributed by atoms with van der Waals surface area (Å²) in [6, 6.07) is 8.70. The molecule has 0 bridgehead atoms. The molecule has 3 rings (SSSR count). The predicted octanol–water partition coefficient (Wildman–Crippen LogP) is 2.37. The van der Waals surface area contributed by atoms with Crippen molar-refractivity contribution < 1.29 is 4.79 Å². The summed E-state index contributed by atoms with van der Waals surface area (Å²) < 4.78 is 1.09. The van der Waals surface area contributed by atoms with E-state index in [9.17, 15) is 4.79 Å². The number of benzene rings is 1. The Kier molecular flexibility index (Phi) is 3.63. The van der Waals surface area contributed by atoms with Gasteiger partial charge in [-0.1, -0.05) is 28.1 Å². The Morgan fingerprint density at radius 2 is 2.11 bits per heavy atom. The molecule has 102 valence electrons. The molecule has 1 heterocycles. The lowest BCUT2D eigenvalue weighted by atomic mass is 10.1. The average Bonchev–Trinajstić information content (AvgIpc) is 3.20. The minimum Gasteiger partial charge on any atom is -0.337 e. The second-order valence-corrected chi connectivity index (χ2v) is 6.50. The van der Waals surface area contributed by atoms with Gasteiger partial charge in [-0.15, -0.1) is 0 Å². The molecule has 4 heteroatoms. The Morgan fingerprint density at radius 1 is 1.37 bits per heavy atom. The van der Waals surface area contributed by atoms with Crippen LogP contribution in [0.5, 0.6) is 0 Å². The zero-order chi connectivity index (χ0) is 13.4. The van der Waals surface area contributed by atoms with Crippen LogP contribution in [0.15, 0.2) is 28.7 Å². The maximum Gasteiger partial charge on any atom is 0.226 e. The molecule has 2 fully saturated rings. The highest BCUT2D eigenvalue weighted by atomic mass is 79.9. The molecule has 1 N–H and O–H groups in total. The van der Waals surface area contributed by atoms with Crippen LogP contribution in [-0.4, -0.2) is 36.5 Å². The first-order valence-electron chi connectivity index (χ1n) is 6.93. The minimum absolute atomic E-state index is 0.210. The van der Waals surface area contributed by atoms with Crippen molar-refractivity contribution in [2.24, 2.45) is 5.92 Å². The standard InChI is InChI=1S/C15H19BrN2O/c1-10-9-17-6-7-18(10)15(19)14-8-13(14)11-2-4-12(16)5-3-11/h2-5,10,13-14,17H,6-9H2,1H3. The molecule has 1 aliphatic heterocycles. The first kappa shape index (κ1) is 13.1. The Hall–Kier alpha value is -0.870. The van der Waals surface area contributed by atoms with E-state index in [1.165, 1.54) is 5.56 Å². The highest BCUT2D eigenvalue weighted by molar-refractivity contribution is 9.10. The number of carbonyl (C=O) groups is 1. The van der Waals surface area contributed by atoms with Crippen LogP contribution in [0.4, 0.5) is 0 Å². The van der Waals surface area contributed by atoms with E-state index in [2.05, 4.69) is 57.3 Å². The van der Waals surface area contributed by atoms with Gasteiger partial charge in [0.25, 0.3) is 0 Å². The summed E-state index contributed by atoms with van der Waals surface area (Å²) in [5.74, 6) is 0.992. The van der Waals surface area contributed by atoms with Crippen LogP contribution in [0.1, 0.15) is 24.8 Å². The average molecular weight is 323 g/mol. The Labute approximate surface area is 122 Å². The van der Waals surface area contributed by atoms with Gasteiger partial charge >= 0.3 is 0 Å². The van der Waals surface area contributed by atoms with E-state index in [4.69, 9.17) is 0 Å². The molecule has 0 radical (unpaired) electrons. The first-order valence-corrected chi connectivity index (χ1v) is 7.73. The summed E-state index contributed by atoms with van der Waals surface area (Å²) in [5.41, 5.74) is 1.30. The van der Waals surface area contributed by atoms with E-state index in [1.54, 1.807) is 0 Å². The molecule has 1 aromatic carbocycles. The van der Waals surface area contributed by atoms with Gasteiger partial charge in [0.1, 0.15) is 0 Å². The van der Waals surface area contributed by atoms with Crippen LogP contribution in [0.3, 0.4) is 0 Å². The third-order valence-corrected chi connectivity index (χ3v) is 4.72. The van der Waals surface area contributed by atoms with Crippen molar-refractivity contribution in [2.75, 3.05) is 19.6 Å². The fourth-order valence-electron chi connectivity index (χ4n) is 2.93. The van der Waals surface area contributed by atoms with Gasteiger partial charge in [-0.3, -0.25) is 4.79 Å². The molecular weight excluding hydrogens is 304 g/mol. The van der Waals surface area contributed by atoms with E-state index in [1.807, 2.05) is 0 Å². The van der Waals surface area contributed by atoms with Crippen molar-refractivity contribution in [3.8, 4) is 0 Å². The summed E-state index contributed by atoms with van der Waals surface area (Å²) in [4.78, 5) is 14.6. The lowest BCUT2D eigenvalue weighted by Crippen LogP contribution is -2.52. The summed E-state index contributed by atoms with van der Waals surface area (Å²) in [6.45, 7) is 4.82. The Bertz CT molecular complexity index is 474. The van der Waals surface area contributed by atoms with Crippen LogP contribution in [0.25, 0.3) is 0 Å². The van der Waals surface area contributed by atoms with Gasteiger partial charge < -0.3 is 10.2 Å². The van der Waals surface area contributed by atoms with E-state index in [0.29, 0.717) is 17.9 Å². The maximum atomic E-state index is 12.5. The normalized spacial score (nSPS) is 30.2. The van der Waals surface area contributed by atoms with Gasteiger partial charge in [0.2, 0.25) is 5.91 Å². The number of hydrogen-bond donors (Lipinski definition) is 1. The smallest absolute Gasteiger partial charge is 0.226 e. The SMILES string of the molecule is CC1CNCCN1C(=O)C1CC1c1ccc(Br)cc1. The van der Waals surface area contributed by atoms with Crippen LogP contribution < -0.4 is 5.32 Å². The number of piperazine rings is 1. The number of carbonyl (C=O) groups excluding carboxylic acids is 1. The number of halogens is 1. The lowest BCUT2D eigenvalue weighted by Gasteiger charge is -2.34. The summed E-state index contributed by atoms with van der Waals surface area (Å²) in [7, 11) is 0. The molecule has 1 saturated heterocycles. The largest absolute Gasteiger partial charge is 0.337 e. The van der Waals surface area contributed by atoms with Crippen molar-refractivity contribution in [3.05, 3.63) is 34.3 Å². The molecule has 1 aliphatic carbocycles. The second-order valence-electron chi connectivity index (χ2n) is 5.59. The highest BCUT2D eigenvalue weighted by Crippen LogP contribution is 2.48. The maximum absolute atomic E-state index is 12.5. The van der Waals surface area contributed by atoms with Gasteiger partial charge in [0.05, 0.1) is 0 Å². The molecule has 3 unspecified atom stereocenters. The molecule has 1 saturated carbocycles. The zero-order valence-corrected chi connectivity index (χ0v) is 12.7. The molecule has 0 spiro atoms. The van der Waals surface area contributed by atoms with E-state index < -0.39 is 0 Å². The number of nitrogens with zero attached hydrogens (tertiary/aromatic N) is 1. The third kappa shape index (κ3) is 2.70. The Balaban J connectivity index is 1.65.